The van der Waals surface area contributed by atoms with Crippen LogP contribution in [-0.2, 0) is 16.6 Å². The zero-order chi connectivity index (χ0) is 14.6. The van der Waals surface area contributed by atoms with Crippen molar-refractivity contribution in [2.24, 2.45) is 11.7 Å². The van der Waals surface area contributed by atoms with E-state index in [4.69, 9.17) is 5.73 Å². The Hall–Kier alpha value is -0.470. The lowest BCUT2D eigenvalue weighted by Crippen LogP contribution is -2.32. The van der Waals surface area contributed by atoms with Crippen LogP contribution in [0, 0.1) is 5.92 Å². The van der Waals surface area contributed by atoms with E-state index in [-0.39, 0.29) is 0 Å². The predicted octanol–water partition coefficient (Wildman–Crippen LogP) is 1.22. The summed E-state index contributed by atoms with van der Waals surface area (Å²) in [6.45, 7) is 3.12. The topological polar surface area (TPSA) is 75.4 Å². The molecule has 0 aromatic carbocycles. The van der Waals surface area contributed by atoms with E-state index in [0.717, 1.165) is 37.9 Å². The van der Waals surface area contributed by atoms with Crippen LogP contribution >= 0.6 is 11.3 Å². The minimum absolute atomic E-state index is 0.362. The van der Waals surface area contributed by atoms with Crippen molar-refractivity contribution in [1.29, 1.82) is 0 Å². The molecule has 1 aromatic heterocycles. The highest BCUT2D eigenvalue weighted by Gasteiger charge is 2.19. The van der Waals surface area contributed by atoms with Crippen molar-refractivity contribution in [1.82, 2.24) is 9.62 Å². The van der Waals surface area contributed by atoms with E-state index in [2.05, 4.69) is 16.7 Å². The second-order valence-electron chi connectivity index (χ2n) is 5.41. The molecule has 1 aromatic rings. The van der Waals surface area contributed by atoms with Crippen LogP contribution in [0.2, 0.25) is 0 Å². The Labute approximate surface area is 125 Å². The summed E-state index contributed by atoms with van der Waals surface area (Å²) >= 11 is 1.23. The fourth-order valence-electron chi connectivity index (χ4n) is 2.42. The molecule has 0 aliphatic carbocycles. The Morgan fingerprint density at radius 2 is 2.15 bits per heavy atom. The van der Waals surface area contributed by atoms with Crippen molar-refractivity contribution >= 4 is 21.4 Å². The van der Waals surface area contributed by atoms with Gasteiger partial charge in [-0.05, 0) is 62.3 Å². The molecule has 1 aliphatic rings. The Bertz CT molecular complexity index is 519. The zero-order valence-corrected chi connectivity index (χ0v) is 13.5. The lowest BCUT2D eigenvalue weighted by Gasteiger charge is -2.28. The fraction of sp³-hybridized carbons (Fsp3) is 0.692. The van der Waals surface area contributed by atoms with Gasteiger partial charge >= 0.3 is 0 Å². The van der Waals surface area contributed by atoms with Gasteiger partial charge in [-0.25, -0.2) is 13.1 Å². The highest BCUT2D eigenvalue weighted by Crippen LogP contribution is 2.21. The molecule has 1 saturated heterocycles. The molecule has 0 atom stereocenters. The van der Waals surface area contributed by atoms with Crippen LogP contribution in [0.15, 0.2) is 15.7 Å². The number of likely N-dealkylation sites (tertiary alicyclic amines) is 1. The number of nitrogens with one attached hydrogen (secondary N) is 1. The average Bonchev–Trinajstić information content (AvgIpc) is 2.90. The second kappa shape index (κ2) is 7.00. The number of rotatable bonds is 6. The fourth-order valence-corrected chi connectivity index (χ4v) is 4.73. The van der Waals surface area contributed by atoms with Crippen molar-refractivity contribution in [3.63, 3.8) is 0 Å². The van der Waals surface area contributed by atoms with Crippen molar-refractivity contribution in [2.75, 3.05) is 26.7 Å². The summed E-state index contributed by atoms with van der Waals surface area (Å²) < 4.78 is 27.3. The minimum Gasteiger partial charge on any atom is -0.326 e. The first-order valence-corrected chi connectivity index (χ1v) is 9.33. The highest BCUT2D eigenvalue weighted by molar-refractivity contribution is 7.91. The molecule has 0 radical (unpaired) electrons. The van der Waals surface area contributed by atoms with E-state index in [1.54, 1.807) is 11.4 Å². The van der Waals surface area contributed by atoms with Crippen LogP contribution in [0.1, 0.15) is 24.8 Å². The zero-order valence-electron chi connectivity index (χ0n) is 11.8. The quantitative estimate of drug-likeness (QED) is 0.827. The van der Waals surface area contributed by atoms with Gasteiger partial charge < -0.3 is 10.6 Å². The van der Waals surface area contributed by atoms with Gasteiger partial charge in [0.15, 0.2) is 0 Å². The smallest absolute Gasteiger partial charge is 0.250 e. The summed E-state index contributed by atoms with van der Waals surface area (Å²) in [5.74, 6) is 0.636. The van der Waals surface area contributed by atoms with E-state index >= 15 is 0 Å². The van der Waals surface area contributed by atoms with Gasteiger partial charge in [0.05, 0.1) is 0 Å². The molecule has 114 valence electrons. The first kappa shape index (κ1) is 15.9. The van der Waals surface area contributed by atoms with E-state index in [1.165, 1.54) is 11.3 Å². The lowest BCUT2D eigenvalue weighted by molar-refractivity contribution is 0.213. The maximum absolute atomic E-state index is 12.1. The molecule has 7 heteroatoms. The molecule has 5 nitrogen and oxygen atoms in total. The lowest BCUT2D eigenvalue weighted by atomic mass is 9.94. The molecule has 3 N–H and O–H groups in total. The molecule has 20 heavy (non-hydrogen) atoms. The molecule has 0 bridgehead atoms. The average molecular weight is 317 g/mol. The summed E-state index contributed by atoms with van der Waals surface area (Å²) in [7, 11) is -1.23. The van der Waals surface area contributed by atoms with Crippen LogP contribution in [0.3, 0.4) is 0 Å². The molecule has 0 spiro atoms. The van der Waals surface area contributed by atoms with Crippen molar-refractivity contribution in [3.8, 4) is 0 Å². The van der Waals surface area contributed by atoms with Gasteiger partial charge in [-0.1, -0.05) is 0 Å². The number of nitrogens with two attached hydrogens (primary N) is 1. The molecular formula is C13H23N3O2S2. The van der Waals surface area contributed by atoms with E-state index in [9.17, 15) is 8.42 Å². The summed E-state index contributed by atoms with van der Waals surface area (Å²) in [4.78, 5) is 2.32. The largest absolute Gasteiger partial charge is 0.326 e. The van der Waals surface area contributed by atoms with Crippen LogP contribution < -0.4 is 10.5 Å². The molecule has 0 saturated carbocycles. The Morgan fingerprint density at radius 1 is 1.45 bits per heavy atom. The Kier molecular flexibility index (Phi) is 5.57. The van der Waals surface area contributed by atoms with Gasteiger partial charge in [0.25, 0.3) is 0 Å². The van der Waals surface area contributed by atoms with Crippen LogP contribution in [0.4, 0.5) is 0 Å². The first-order chi connectivity index (χ1) is 9.51. The SMILES string of the molecule is CN1CCC(CCNS(=O)(=O)c2cc(CN)cs2)CC1. The van der Waals surface area contributed by atoms with Crippen LogP contribution in [-0.4, -0.2) is 40.0 Å². The molecule has 2 rings (SSSR count). The first-order valence-electron chi connectivity index (χ1n) is 6.97. The van der Waals surface area contributed by atoms with Crippen LogP contribution in [0.5, 0.6) is 0 Å². The van der Waals surface area contributed by atoms with E-state index in [0.29, 0.717) is 23.2 Å². The number of sulfonamides is 1. The van der Waals surface area contributed by atoms with Gasteiger partial charge in [-0.15, -0.1) is 11.3 Å². The molecule has 2 heterocycles. The molecular weight excluding hydrogens is 294 g/mol. The minimum atomic E-state index is -3.36. The normalized spacial score (nSPS) is 18.5. The predicted molar refractivity (Wildman–Crippen MR) is 82.2 cm³/mol. The number of hydrogen-bond acceptors (Lipinski definition) is 5. The Morgan fingerprint density at radius 3 is 2.75 bits per heavy atom. The molecule has 0 unspecified atom stereocenters. The van der Waals surface area contributed by atoms with Crippen LogP contribution in [0.25, 0.3) is 0 Å². The summed E-state index contributed by atoms with van der Waals surface area (Å²) in [6, 6.07) is 1.66. The van der Waals surface area contributed by atoms with Crippen molar-refractivity contribution < 1.29 is 8.42 Å². The third-order valence-electron chi connectivity index (χ3n) is 3.81. The second-order valence-corrected chi connectivity index (χ2v) is 8.32. The summed E-state index contributed by atoms with van der Waals surface area (Å²) in [5.41, 5.74) is 6.37. The third kappa shape index (κ3) is 4.26. The number of nitrogens with zero attached hydrogens (tertiary/aromatic N) is 1. The maximum Gasteiger partial charge on any atom is 0.250 e. The Balaban J connectivity index is 1.80. The van der Waals surface area contributed by atoms with Gasteiger partial charge in [-0.2, -0.15) is 0 Å². The summed E-state index contributed by atoms with van der Waals surface area (Å²) in [5, 5.41) is 1.80. The van der Waals surface area contributed by atoms with E-state index in [1.807, 2.05) is 0 Å². The maximum atomic E-state index is 12.1. The monoisotopic (exact) mass is 317 g/mol. The van der Waals surface area contributed by atoms with Gasteiger partial charge in [-0.3, -0.25) is 0 Å². The standard InChI is InChI=1S/C13H23N3O2S2/c1-16-6-3-11(4-7-16)2-5-15-20(17,18)13-8-12(9-14)10-19-13/h8,10-11,15H,2-7,9,14H2,1H3. The van der Waals surface area contributed by atoms with Crippen molar-refractivity contribution in [2.45, 2.75) is 30.0 Å². The summed E-state index contributed by atoms with van der Waals surface area (Å²) in [6.07, 6.45) is 3.24. The van der Waals surface area contributed by atoms with Crippen molar-refractivity contribution in [3.05, 3.63) is 17.0 Å². The number of hydrogen-bond donors (Lipinski definition) is 2. The van der Waals surface area contributed by atoms with Gasteiger partial charge in [0.1, 0.15) is 4.21 Å². The molecule has 1 aliphatic heterocycles. The molecule has 1 fully saturated rings. The van der Waals surface area contributed by atoms with Gasteiger partial charge in [0.2, 0.25) is 10.0 Å². The molecule has 0 amide bonds. The van der Waals surface area contributed by atoms with E-state index < -0.39 is 10.0 Å². The number of thiophene rings is 1. The third-order valence-corrected chi connectivity index (χ3v) is 6.76. The van der Waals surface area contributed by atoms with Gasteiger partial charge in [0, 0.05) is 13.1 Å². The number of piperidine rings is 1. The highest BCUT2D eigenvalue weighted by atomic mass is 32.2.